The Balaban J connectivity index is 1.39. The number of fused-ring (bicyclic) bond motifs is 1. The van der Waals surface area contributed by atoms with E-state index in [1.54, 1.807) is 0 Å². The molecule has 0 unspecified atom stereocenters. The van der Waals surface area contributed by atoms with E-state index < -0.39 is 0 Å². The molecule has 1 saturated heterocycles. The average Bonchev–Trinajstić information content (AvgIpc) is 3.58. The normalized spacial score (nSPS) is 17.2. The van der Waals surface area contributed by atoms with E-state index in [0.717, 1.165) is 48.3 Å². The van der Waals surface area contributed by atoms with Crippen LogP contribution < -0.4 is 4.90 Å². The minimum Gasteiger partial charge on any atom is -0.368 e. The Morgan fingerprint density at radius 2 is 1.75 bits per heavy atom. The molecule has 1 aliphatic heterocycles. The summed E-state index contributed by atoms with van der Waals surface area (Å²) in [6.07, 6.45) is 2.38. The topological polar surface area (TPSA) is 36.4 Å². The number of aromatic nitrogens is 1. The number of carbonyl (C=O) groups is 1. The van der Waals surface area contributed by atoms with Gasteiger partial charge in [-0.15, -0.1) is 0 Å². The van der Waals surface area contributed by atoms with E-state index in [1.165, 1.54) is 24.1 Å². The van der Waals surface area contributed by atoms with Crippen LogP contribution in [0.15, 0.2) is 54.6 Å². The van der Waals surface area contributed by atoms with E-state index >= 15 is 0 Å². The van der Waals surface area contributed by atoms with Gasteiger partial charge in [-0.25, -0.2) is 0 Å². The van der Waals surface area contributed by atoms with Crippen LogP contribution in [0.1, 0.15) is 40.4 Å². The van der Waals surface area contributed by atoms with Gasteiger partial charge in [0, 0.05) is 48.9 Å². The van der Waals surface area contributed by atoms with Crippen LogP contribution >= 0.6 is 0 Å². The number of piperazine rings is 1. The highest BCUT2D eigenvalue weighted by atomic mass is 16.2. The van der Waals surface area contributed by atoms with Crippen molar-refractivity contribution < 1.29 is 4.79 Å². The lowest BCUT2D eigenvalue weighted by Crippen LogP contribution is -2.48. The van der Waals surface area contributed by atoms with Crippen LogP contribution in [-0.4, -0.2) is 42.0 Å². The van der Waals surface area contributed by atoms with Gasteiger partial charge in [0.05, 0.1) is 11.1 Å². The number of aryl methyl sites for hydroxylation is 1. The second-order valence-electron chi connectivity index (χ2n) is 8.00. The van der Waals surface area contributed by atoms with Crippen LogP contribution in [0.4, 0.5) is 5.69 Å². The van der Waals surface area contributed by atoms with Crippen molar-refractivity contribution in [2.24, 2.45) is 0 Å². The highest BCUT2D eigenvalue weighted by Crippen LogP contribution is 2.40. The SMILES string of the molecule is Cc1cccc(N2CCN(C(=O)c3cc(C4CC4)nc4ccccc34)CC2)c1. The second kappa shape index (κ2) is 6.93. The molecular formula is C24H25N3O. The molecule has 5 rings (SSSR count). The Kier molecular flexibility index (Phi) is 4.27. The number of amides is 1. The maximum Gasteiger partial charge on any atom is 0.254 e. The van der Waals surface area contributed by atoms with Crippen molar-refractivity contribution in [3.8, 4) is 0 Å². The Morgan fingerprint density at radius 1 is 0.964 bits per heavy atom. The fourth-order valence-electron chi connectivity index (χ4n) is 4.12. The predicted molar refractivity (Wildman–Crippen MR) is 113 cm³/mol. The van der Waals surface area contributed by atoms with E-state index in [1.807, 2.05) is 29.2 Å². The Labute approximate surface area is 165 Å². The Morgan fingerprint density at radius 3 is 2.50 bits per heavy atom. The molecule has 2 fully saturated rings. The molecule has 0 radical (unpaired) electrons. The maximum absolute atomic E-state index is 13.4. The molecule has 2 aliphatic rings. The molecule has 4 nitrogen and oxygen atoms in total. The zero-order valence-corrected chi connectivity index (χ0v) is 16.3. The van der Waals surface area contributed by atoms with Crippen molar-refractivity contribution in [2.45, 2.75) is 25.7 Å². The zero-order valence-electron chi connectivity index (χ0n) is 16.3. The van der Waals surface area contributed by atoms with Gasteiger partial charge >= 0.3 is 0 Å². The maximum atomic E-state index is 13.4. The molecule has 3 aromatic rings. The largest absolute Gasteiger partial charge is 0.368 e. The van der Waals surface area contributed by atoms with Crippen LogP contribution in [0.5, 0.6) is 0 Å². The van der Waals surface area contributed by atoms with Crippen LogP contribution in [0, 0.1) is 6.92 Å². The zero-order chi connectivity index (χ0) is 19.1. The highest BCUT2D eigenvalue weighted by Gasteiger charge is 2.29. The summed E-state index contributed by atoms with van der Waals surface area (Å²) < 4.78 is 0. The minimum atomic E-state index is 0.143. The third-order valence-corrected chi connectivity index (χ3v) is 5.90. The van der Waals surface area contributed by atoms with Crippen molar-refractivity contribution in [1.29, 1.82) is 0 Å². The Hall–Kier alpha value is -2.88. The van der Waals surface area contributed by atoms with Gasteiger partial charge in [0.15, 0.2) is 0 Å². The van der Waals surface area contributed by atoms with Crippen molar-refractivity contribution in [3.63, 3.8) is 0 Å². The molecule has 4 heteroatoms. The number of benzene rings is 2. The first-order valence-corrected chi connectivity index (χ1v) is 10.2. The molecule has 1 aromatic heterocycles. The lowest BCUT2D eigenvalue weighted by atomic mass is 10.0. The quantitative estimate of drug-likeness (QED) is 0.685. The predicted octanol–water partition coefficient (Wildman–Crippen LogP) is 4.38. The summed E-state index contributed by atoms with van der Waals surface area (Å²) in [5.74, 6) is 0.679. The third-order valence-electron chi connectivity index (χ3n) is 5.90. The first kappa shape index (κ1) is 17.2. The number of anilines is 1. The highest BCUT2D eigenvalue weighted by molar-refractivity contribution is 6.06. The Bertz CT molecular complexity index is 1030. The average molecular weight is 371 g/mol. The van der Waals surface area contributed by atoms with E-state index in [9.17, 15) is 4.79 Å². The van der Waals surface area contributed by atoms with Gasteiger partial charge in [0.25, 0.3) is 5.91 Å². The van der Waals surface area contributed by atoms with Crippen molar-refractivity contribution in [2.75, 3.05) is 31.1 Å². The summed E-state index contributed by atoms with van der Waals surface area (Å²) >= 11 is 0. The molecule has 0 N–H and O–H groups in total. The van der Waals surface area contributed by atoms with Crippen LogP contribution in [0.2, 0.25) is 0 Å². The van der Waals surface area contributed by atoms with Gasteiger partial charge in [0.1, 0.15) is 0 Å². The molecule has 0 atom stereocenters. The lowest BCUT2D eigenvalue weighted by molar-refractivity contribution is 0.0748. The lowest BCUT2D eigenvalue weighted by Gasteiger charge is -2.36. The number of hydrogen-bond donors (Lipinski definition) is 0. The van der Waals surface area contributed by atoms with Gasteiger partial charge in [-0.2, -0.15) is 0 Å². The third kappa shape index (κ3) is 3.24. The van der Waals surface area contributed by atoms with Gasteiger partial charge in [0.2, 0.25) is 0 Å². The van der Waals surface area contributed by atoms with Crippen LogP contribution in [0.3, 0.4) is 0 Å². The molecule has 1 aliphatic carbocycles. The number of para-hydroxylation sites is 1. The molecule has 2 heterocycles. The van der Waals surface area contributed by atoms with Gasteiger partial charge in [-0.3, -0.25) is 9.78 Å². The van der Waals surface area contributed by atoms with Crippen LogP contribution in [0.25, 0.3) is 10.9 Å². The van der Waals surface area contributed by atoms with Gasteiger partial charge < -0.3 is 9.80 Å². The molecule has 1 saturated carbocycles. The fraction of sp³-hybridized carbons (Fsp3) is 0.333. The van der Waals surface area contributed by atoms with Crippen molar-refractivity contribution >= 4 is 22.5 Å². The fourth-order valence-corrected chi connectivity index (χ4v) is 4.12. The summed E-state index contributed by atoms with van der Waals surface area (Å²) in [6, 6.07) is 18.7. The van der Waals surface area contributed by atoms with Gasteiger partial charge in [-0.05, 0) is 49.6 Å². The van der Waals surface area contributed by atoms with Crippen LogP contribution in [-0.2, 0) is 0 Å². The molecule has 142 valence electrons. The standard InChI is InChI=1S/C24H25N3O/c1-17-5-4-6-19(15-17)26-11-13-27(14-12-26)24(28)21-16-23(18-9-10-18)25-22-8-3-2-7-20(21)22/h2-8,15-16,18H,9-14H2,1H3. The number of pyridine rings is 1. The molecule has 0 bridgehead atoms. The summed E-state index contributed by atoms with van der Waals surface area (Å²) in [6.45, 7) is 5.36. The van der Waals surface area contributed by atoms with Crippen molar-refractivity contribution in [1.82, 2.24) is 9.88 Å². The smallest absolute Gasteiger partial charge is 0.254 e. The molecule has 0 spiro atoms. The summed E-state index contributed by atoms with van der Waals surface area (Å²) in [7, 11) is 0. The van der Waals surface area contributed by atoms with Gasteiger partial charge in [-0.1, -0.05) is 30.3 Å². The number of rotatable bonds is 3. The second-order valence-corrected chi connectivity index (χ2v) is 8.00. The first-order chi connectivity index (χ1) is 13.7. The molecule has 28 heavy (non-hydrogen) atoms. The molecular weight excluding hydrogens is 346 g/mol. The summed E-state index contributed by atoms with van der Waals surface area (Å²) in [5.41, 5.74) is 5.36. The monoisotopic (exact) mass is 371 g/mol. The summed E-state index contributed by atoms with van der Waals surface area (Å²) in [5, 5.41) is 0.970. The molecule has 1 amide bonds. The van der Waals surface area contributed by atoms with Crippen molar-refractivity contribution in [3.05, 3.63) is 71.4 Å². The molecule has 2 aromatic carbocycles. The van der Waals surface area contributed by atoms with E-state index in [0.29, 0.717) is 5.92 Å². The minimum absolute atomic E-state index is 0.143. The summed E-state index contributed by atoms with van der Waals surface area (Å²) in [4.78, 5) is 22.6. The number of nitrogens with zero attached hydrogens (tertiary/aromatic N) is 3. The van der Waals surface area contributed by atoms with E-state index in [4.69, 9.17) is 4.98 Å². The van der Waals surface area contributed by atoms with E-state index in [2.05, 4.69) is 42.2 Å². The number of carbonyl (C=O) groups excluding carboxylic acids is 1. The number of hydrogen-bond acceptors (Lipinski definition) is 3. The van der Waals surface area contributed by atoms with E-state index in [-0.39, 0.29) is 5.91 Å². The first-order valence-electron chi connectivity index (χ1n) is 10.2.